The Balaban J connectivity index is 1.39. The molecule has 1 aliphatic heterocycles. The highest BCUT2D eigenvalue weighted by atomic mass is 16.2. The summed E-state index contributed by atoms with van der Waals surface area (Å²) < 4.78 is 2.49. The van der Waals surface area contributed by atoms with Gasteiger partial charge in [0.15, 0.2) is 0 Å². The van der Waals surface area contributed by atoms with Crippen LogP contribution in [0.3, 0.4) is 0 Å². The number of piperidine rings is 1. The summed E-state index contributed by atoms with van der Waals surface area (Å²) in [7, 11) is 2.24. The maximum Gasteiger partial charge on any atom is 0.224 e. The summed E-state index contributed by atoms with van der Waals surface area (Å²) in [5.41, 5.74) is 4.36. The molecule has 2 aliphatic carbocycles. The number of nitrogens with zero attached hydrogens (tertiary/aromatic N) is 2. The third kappa shape index (κ3) is 4.00. The Morgan fingerprint density at radius 1 is 1.16 bits per heavy atom. The number of carbonyl (C=O) groups is 1. The number of rotatable bonds is 4. The lowest BCUT2D eigenvalue weighted by atomic mass is 9.72. The normalized spacial score (nSPS) is 28.0. The van der Waals surface area contributed by atoms with Gasteiger partial charge in [0.05, 0.1) is 5.92 Å². The molecule has 4 heteroatoms. The summed E-state index contributed by atoms with van der Waals surface area (Å²) in [6, 6.07) is 8.28. The monoisotopic (exact) mass is 435 g/mol. The number of fused-ring (bicyclic) bond motifs is 2. The van der Waals surface area contributed by atoms with E-state index in [4.69, 9.17) is 0 Å². The van der Waals surface area contributed by atoms with E-state index in [1.807, 2.05) is 0 Å². The third-order valence-corrected chi connectivity index (χ3v) is 8.76. The fourth-order valence-electron chi connectivity index (χ4n) is 6.75. The van der Waals surface area contributed by atoms with Gasteiger partial charge < -0.3 is 14.8 Å². The summed E-state index contributed by atoms with van der Waals surface area (Å²) in [6.45, 7) is 5.48. The van der Waals surface area contributed by atoms with Crippen molar-refractivity contribution in [1.29, 1.82) is 0 Å². The molecule has 1 aromatic carbocycles. The molecule has 2 aromatic rings. The van der Waals surface area contributed by atoms with Crippen molar-refractivity contribution in [2.75, 3.05) is 13.6 Å². The van der Waals surface area contributed by atoms with Crippen LogP contribution in [0.1, 0.15) is 94.7 Å². The van der Waals surface area contributed by atoms with E-state index in [-0.39, 0.29) is 5.92 Å². The predicted octanol–water partition coefficient (Wildman–Crippen LogP) is 5.80. The average Bonchev–Trinajstić information content (AvgIpc) is 3.15. The molecule has 2 heterocycles. The number of carbonyl (C=O) groups excluding carboxylic acids is 1. The summed E-state index contributed by atoms with van der Waals surface area (Å²) in [5, 5.41) is 4.95. The van der Waals surface area contributed by atoms with E-state index in [9.17, 15) is 4.79 Å². The molecule has 0 radical (unpaired) electrons. The van der Waals surface area contributed by atoms with Crippen molar-refractivity contribution in [3.8, 4) is 0 Å². The van der Waals surface area contributed by atoms with E-state index in [1.54, 1.807) is 0 Å². The van der Waals surface area contributed by atoms with E-state index in [2.05, 4.69) is 60.1 Å². The zero-order valence-corrected chi connectivity index (χ0v) is 20.3. The quantitative estimate of drug-likeness (QED) is 0.659. The molecule has 1 amide bonds. The molecule has 1 saturated carbocycles. The number of hydrogen-bond acceptors (Lipinski definition) is 2. The van der Waals surface area contributed by atoms with E-state index in [1.165, 1.54) is 54.1 Å². The Bertz CT molecular complexity index is 955. The van der Waals surface area contributed by atoms with Gasteiger partial charge in [-0.15, -0.1) is 0 Å². The van der Waals surface area contributed by atoms with Crippen LogP contribution in [-0.2, 0) is 11.2 Å². The van der Waals surface area contributed by atoms with Crippen molar-refractivity contribution in [3.63, 3.8) is 0 Å². The van der Waals surface area contributed by atoms with Crippen molar-refractivity contribution in [3.05, 3.63) is 35.5 Å². The lowest BCUT2D eigenvalue weighted by molar-refractivity contribution is -0.128. The van der Waals surface area contributed by atoms with Crippen LogP contribution >= 0.6 is 0 Å². The number of nitrogens with one attached hydrogen (secondary N) is 1. The maximum atomic E-state index is 13.4. The second-order valence-corrected chi connectivity index (χ2v) is 10.9. The molecule has 5 rings (SSSR count). The first-order chi connectivity index (χ1) is 15.6. The molecule has 1 N–H and O–H groups in total. The fourth-order valence-corrected chi connectivity index (χ4v) is 6.75. The lowest BCUT2D eigenvalue weighted by Gasteiger charge is -2.45. The standard InChI is InChI=1S/C28H41N3O/c1-4-19(2)31-18-20-16-26-24(23-13-10-14-25(31)27(20)23)15-21(17-30(26)3)28(32)29-22-11-8-6-5-7-9-12-22/h10,13-14,18-19,21-22,24,26H,4-9,11-12,15-17H2,1-3H3,(H,29,32)/t19?,21-,24?,26-/m1/s1. The van der Waals surface area contributed by atoms with E-state index in [0.29, 0.717) is 30.0 Å². The minimum Gasteiger partial charge on any atom is -0.353 e. The minimum atomic E-state index is 0.0974. The highest BCUT2D eigenvalue weighted by Gasteiger charge is 2.42. The molecule has 174 valence electrons. The average molecular weight is 436 g/mol. The molecule has 1 aromatic heterocycles. The Hall–Kier alpha value is -1.81. The highest BCUT2D eigenvalue weighted by molar-refractivity contribution is 5.89. The van der Waals surface area contributed by atoms with Crippen molar-refractivity contribution < 1.29 is 4.79 Å². The van der Waals surface area contributed by atoms with Gasteiger partial charge >= 0.3 is 0 Å². The number of benzene rings is 1. The van der Waals surface area contributed by atoms with Crippen LogP contribution in [0.2, 0.25) is 0 Å². The zero-order valence-electron chi connectivity index (χ0n) is 20.3. The van der Waals surface area contributed by atoms with Gasteiger partial charge in [0.25, 0.3) is 0 Å². The Labute approximate surface area is 193 Å². The van der Waals surface area contributed by atoms with Gasteiger partial charge in [-0.3, -0.25) is 4.79 Å². The zero-order chi connectivity index (χ0) is 22.2. The summed E-state index contributed by atoms with van der Waals surface area (Å²) in [5.74, 6) is 0.849. The van der Waals surface area contributed by atoms with Crippen LogP contribution in [0, 0.1) is 5.92 Å². The van der Waals surface area contributed by atoms with Gasteiger partial charge in [-0.2, -0.15) is 0 Å². The van der Waals surface area contributed by atoms with Crippen LogP contribution in [0.4, 0.5) is 0 Å². The summed E-state index contributed by atoms with van der Waals surface area (Å²) in [6.07, 6.45) is 14.5. The Morgan fingerprint density at radius 2 is 1.91 bits per heavy atom. The molecule has 3 aliphatic rings. The number of amides is 1. The number of likely N-dealkylation sites (tertiary alicyclic amines) is 1. The molecule has 0 bridgehead atoms. The van der Waals surface area contributed by atoms with E-state index in [0.717, 1.165) is 38.6 Å². The number of aromatic nitrogens is 1. The largest absolute Gasteiger partial charge is 0.353 e. The molecule has 2 fully saturated rings. The van der Waals surface area contributed by atoms with E-state index >= 15 is 0 Å². The first-order valence-electron chi connectivity index (χ1n) is 13.2. The van der Waals surface area contributed by atoms with Crippen molar-refractivity contribution in [2.45, 2.75) is 102 Å². The van der Waals surface area contributed by atoms with Gasteiger partial charge in [-0.05, 0) is 63.3 Å². The van der Waals surface area contributed by atoms with Crippen LogP contribution in [-0.4, -0.2) is 41.1 Å². The molecular weight excluding hydrogens is 394 g/mol. The van der Waals surface area contributed by atoms with Crippen LogP contribution in [0.5, 0.6) is 0 Å². The topological polar surface area (TPSA) is 37.3 Å². The first kappa shape index (κ1) is 22.0. The fraction of sp³-hybridized carbons (Fsp3) is 0.679. The summed E-state index contributed by atoms with van der Waals surface area (Å²) in [4.78, 5) is 15.8. The first-order valence-corrected chi connectivity index (χ1v) is 13.2. The Morgan fingerprint density at radius 3 is 2.66 bits per heavy atom. The molecule has 0 spiro atoms. The molecule has 1 saturated heterocycles. The van der Waals surface area contributed by atoms with Gasteiger partial charge in [-0.1, -0.05) is 51.2 Å². The maximum absolute atomic E-state index is 13.4. The second kappa shape index (κ2) is 9.21. The van der Waals surface area contributed by atoms with Crippen LogP contribution in [0.15, 0.2) is 24.4 Å². The molecule has 4 nitrogen and oxygen atoms in total. The van der Waals surface area contributed by atoms with Gasteiger partial charge in [0.1, 0.15) is 0 Å². The van der Waals surface area contributed by atoms with Gasteiger partial charge in [-0.25, -0.2) is 0 Å². The van der Waals surface area contributed by atoms with Crippen molar-refractivity contribution in [2.24, 2.45) is 5.92 Å². The molecule has 32 heavy (non-hydrogen) atoms. The van der Waals surface area contributed by atoms with Crippen molar-refractivity contribution >= 4 is 16.8 Å². The van der Waals surface area contributed by atoms with Gasteiger partial charge in [0.2, 0.25) is 5.91 Å². The Kier molecular flexibility index (Phi) is 6.33. The number of hydrogen-bond donors (Lipinski definition) is 1. The van der Waals surface area contributed by atoms with Crippen LogP contribution < -0.4 is 5.32 Å². The molecular formula is C28H41N3O. The smallest absolute Gasteiger partial charge is 0.224 e. The predicted molar refractivity (Wildman–Crippen MR) is 132 cm³/mol. The SMILES string of the molecule is CCC(C)n1cc2c3c(cccc31)C1C[C@@H](C(=O)NC3CCCCCCC3)CN(C)[C@@H]1C2. The second-order valence-electron chi connectivity index (χ2n) is 10.9. The highest BCUT2D eigenvalue weighted by Crippen LogP contribution is 2.45. The lowest BCUT2D eigenvalue weighted by Crippen LogP contribution is -2.52. The van der Waals surface area contributed by atoms with Gasteiger partial charge in [0, 0.05) is 47.7 Å². The number of likely N-dealkylation sites (N-methyl/N-ethyl adjacent to an activating group) is 1. The molecule has 2 unspecified atom stereocenters. The summed E-state index contributed by atoms with van der Waals surface area (Å²) >= 11 is 0. The third-order valence-electron chi connectivity index (χ3n) is 8.76. The molecule has 4 atom stereocenters. The van der Waals surface area contributed by atoms with Crippen molar-refractivity contribution in [1.82, 2.24) is 14.8 Å². The van der Waals surface area contributed by atoms with E-state index < -0.39 is 0 Å². The minimum absolute atomic E-state index is 0.0974. The van der Waals surface area contributed by atoms with Crippen LogP contribution in [0.25, 0.3) is 10.9 Å².